The lowest BCUT2D eigenvalue weighted by Gasteiger charge is -2.32. The highest BCUT2D eigenvalue weighted by Crippen LogP contribution is 2.23. The minimum Gasteiger partial charge on any atom is -0.466 e. The quantitative estimate of drug-likeness (QED) is 0.641. The molecule has 0 saturated carbocycles. The van der Waals surface area contributed by atoms with E-state index in [0.29, 0.717) is 32.5 Å². The van der Waals surface area contributed by atoms with Crippen molar-refractivity contribution in [2.24, 2.45) is 5.92 Å². The fourth-order valence-electron chi connectivity index (χ4n) is 3.30. The van der Waals surface area contributed by atoms with Gasteiger partial charge in [-0.15, -0.1) is 11.3 Å². The second kappa shape index (κ2) is 10.9. The Morgan fingerprint density at radius 3 is 2.55 bits per heavy atom. The lowest BCUT2D eigenvalue weighted by atomic mass is 9.97. The van der Waals surface area contributed by atoms with Gasteiger partial charge < -0.3 is 19.9 Å². The number of carbonyl (C=O) groups excluding carboxylic acids is 4. The summed E-state index contributed by atoms with van der Waals surface area (Å²) in [6, 6.07) is 3.34. The second-order valence-corrected chi connectivity index (χ2v) is 8.11. The summed E-state index contributed by atoms with van der Waals surface area (Å²) < 4.78 is 5.04. The fraction of sp³-hybridized carbons (Fsp3) is 0.600. The lowest BCUT2D eigenvalue weighted by Crippen LogP contribution is -2.46. The van der Waals surface area contributed by atoms with Crippen LogP contribution in [0.5, 0.6) is 0 Å². The van der Waals surface area contributed by atoms with Gasteiger partial charge in [0.25, 0.3) is 0 Å². The molecular formula is C20H29N3O5S. The first kappa shape index (κ1) is 22.9. The van der Waals surface area contributed by atoms with Gasteiger partial charge in [0.05, 0.1) is 31.5 Å². The van der Waals surface area contributed by atoms with Gasteiger partial charge in [-0.2, -0.15) is 0 Å². The van der Waals surface area contributed by atoms with Crippen molar-refractivity contribution in [3.63, 3.8) is 0 Å². The van der Waals surface area contributed by atoms with Gasteiger partial charge in [0.2, 0.25) is 17.7 Å². The highest BCUT2D eigenvalue weighted by atomic mass is 32.1. The number of hydrogen-bond acceptors (Lipinski definition) is 6. The van der Waals surface area contributed by atoms with Crippen LogP contribution in [-0.4, -0.2) is 66.8 Å². The highest BCUT2D eigenvalue weighted by molar-refractivity contribution is 7.10. The number of piperidine rings is 1. The molecule has 1 unspecified atom stereocenters. The lowest BCUT2D eigenvalue weighted by molar-refractivity contribution is -0.151. The molecule has 3 amide bonds. The molecule has 0 bridgehead atoms. The minimum atomic E-state index is -0.405. The predicted octanol–water partition coefficient (Wildman–Crippen LogP) is 1.58. The third-order valence-electron chi connectivity index (χ3n) is 4.91. The maximum Gasteiger partial charge on any atom is 0.309 e. The van der Waals surface area contributed by atoms with Crippen molar-refractivity contribution in [2.75, 3.05) is 33.3 Å². The summed E-state index contributed by atoms with van der Waals surface area (Å²) in [4.78, 5) is 52.4. The number of nitrogens with zero attached hydrogens (tertiary/aromatic N) is 2. The third-order valence-corrected chi connectivity index (χ3v) is 5.89. The summed E-state index contributed by atoms with van der Waals surface area (Å²) in [6.45, 7) is 4.48. The number of likely N-dealkylation sites (tertiary alicyclic amines) is 1. The van der Waals surface area contributed by atoms with Crippen LogP contribution in [0.4, 0.5) is 0 Å². The van der Waals surface area contributed by atoms with E-state index < -0.39 is 6.04 Å². The fourth-order valence-corrected chi connectivity index (χ4v) is 4.08. The molecule has 2 rings (SSSR count). The Bertz CT molecular complexity index is 714. The standard InChI is InChI=1S/C20H29N3O5S/c1-4-28-20(27)15-7-9-23(10-8-15)19(26)13-22(3)18(25)12-16(21-14(2)24)17-6-5-11-29-17/h5-6,11,15-16H,4,7-10,12-13H2,1-3H3,(H,21,24). The van der Waals surface area contributed by atoms with E-state index in [4.69, 9.17) is 4.74 Å². The molecule has 1 N–H and O–H groups in total. The van der Waals surface area contributed by atoms with Crippen LogP contribution >= 0.6 is 11.3 Å². The van der Waals surface area contributed by atoms with Gasteiger partial charge in [-0.1, -0.05) is 6.07 Å². The molecule has 160 valence electrons. The van der Waals surface area contributed by atoms with E-state index in [0.717, 1.165) is 4.88 Å². The first-order valence-corrected chi connectivity index (χ1v) is 10.7. The molecule has 1 saturated heterocycles. The van der Waals surface area contributed by atoms with Crippen molar-refractivity contribution in [3.05, 3.63) is 22.4 Å². The molecule has 29 heavy (non-hydrogen) atoms. The Balaban J connectivity index is 1.84. The van der Waals surface area contributed by atoms with Crippen LogP contribution in [0.3, 0.4) is 0 Å². The minimum absolute atomic E-state index is 0.0276. The molecule has 1 aromatic heterocycles. The van der Waals surface area contributed by atoms with Crippen molar-refractivity contribution in [3.8, 4) is 0 Å². The van der Waals surface area contributed by atoms with Crippen molar-refractivity contribution in [1.82, 2.24) is 15.1 Å². The van der Waals surface area contributed by atoms with Crippen LogP contribution in [-0.2, 0) is 23.9 Å². The van der Waals surface area contributed by atoms with Crippen LogP contribution < -0.4 is 5.32 Å². The molecule has 2 heterocycles. The molecule has 1 fully saturated rings. The topological polar surface area (TPSA) is 96.0 Å². The van der Waals surface area contributed by atoms with Crippen LogP contribution in [0, 0.1) is 5.92 Å². The van der Waals surface area contributed by atoms with Gasteiger partial charge in [-0.05, 0) is 31.2 Å². The molecular weight excluding hydrogens is 394 g/mol. The van der Waals surface area contributed by atoms with Gasteiger partial charge >= 0.3 is 5.97 Å². The largest absolute Gasteiger partial charge is 0.466 e. The summed E-state index contributed by atoms with van der Waals surface area (Å²) in [5, 5.41) is 4.69. The Morgan fingerprint density at radius 2 is 2.00 bits per heavy atom. The van der Waals surface area contributed by atoms with Crippen molar-refractivity contribution < 1.29 is 23.9 Å². The summed E-state index contributed by atoms with van der Waals surface area (Å²) >= 11 is 1.47. The average Bonchev–Trinajstić information content (AvgIpc) is 3.22. The van der Waals surface area contributed by atoms with Gasteiger partial charge in [0.1, 0.15) is 0 Å². The molecule has 1 aliphatic rings. The number of esters is 1. The maximum atomic E-state index is 12.6. The smallest absolute Gasteiger partial charge is 0.309 e. The van der Waals surface area contributed by atoms with Crippen LogP contribution in [0.2, 0.25) is 0 Å². The summed E-state index contributed by atoms with van der Waals surface area (Å²) in [7, 11) is 1.59. The Hall–Kier alpha value is -2.42. The summed E-state index contributed by atoms with van der Waals surface area (Å²) in [6.07, 6.45) is 1.24. The predicted molar refractivity (Wildman–Crippen MR) is 109 cm³/mol. The van der Waals surface area contributed by atoms with Gasteiger partial charge in [0, 0.05) is 31.9 Å². The average molecular weight is 424 g/mol. The van der Waals surface area contributed by atoms with Gasteiger partial charge in [-0.25, -0.2) is 0 Å². The van der Waals surface area contributed by atoms with Crippen LogP contribution in [0.15, 0.2) is 17.5 Å². The zero-order valence-electron chi connectivity index (χ0n) is 17.2. The molecule has 1 aliphatic heterocycles. The molecule has 1 atom stereocenters. The first-order valence-electron chi connectivity index (χ1n) is 9.80. The van der Waals surface area contributed by atoms with Gasteiger partial charge in [0.15, 0.2) is 0 Å². The number of thiophene rings is 1. The number of hydrogen-bond donors (Lipinski definition) is 1. The van der Waals surface area contributed by atoms with E-state index in [1.165, 1.54) is 23.2 Å². The van der Waals surface area contributed by atoms with E-state index in [9.17, 15) is 19.2 Å². The van der Waals surface area contributed by atoms with E-state index in [2.05, 4.69) is 5.32 Å². The number of likely N-dealkylation sites (N-methyl/N-ethyl adjacent to an activating group) is 1. The monoisotopic (exact) mass is 423 g/mol. The normalized spacial score (nSPS) is 15.5. The number of carbonyl (C=O) groups is 4. The first-order chi connectivity index (χ1) is 13.8. The zero-order chi connectivity index (χ0) is 21.4. The zero-order valence-corrected chi connectivity index (χ0v) is 18.0. The van der Waals surface area contributed by atoms with Crippen LogP contribution in [0.1, 0.15) is 44.0 Å². The molecule has 0 radical (unpaired) electrons. The third kappa shape index (κ3) is 6.85. The van der Waals surface area contributed by atoms with Crippen LogP contribution in [0.25, 0.3) is 0 Å². The summed E-state index contributed by atoms with van der Waals surface area (Å²) in [5.74, 6) is -0.936. The molecule has 1 aromatic rings. The molecule has 9 heteroatoms. The van der Waals surface area contributed by atoms with E-state index >= 15 is 0 Å². The number of nitrogens with one attached hydrogen (secondary N) is 1. The van der Waals surface area contributed by atoms with E-state index in [1.54, 1.807) is 18.9 Å². The second-order valence-electron chi connectivity index (χ2n) is 7.13. The highest BCUT2D eigenvalue weighted by Gasteiger charge is 2.29. The Labute approximate surface area is 175 Å². The molecule has 8 nitrogen and oxygen atoms in total. The maximum absolute atomic E-state index is 12.6. The Kier molecular flexibility index (Phi) is 8.63. The van der Waals surface area contributed by atoms with E-state index in [1.807, 2.05) is 17.5 Å². The Morgan fingerprint density at radius 1 is 1.31 bits per heavy atom. The molecule has 0 aromatic carbocycles. The molecule has 0 aliphatic carbocycles. The van der Waals surface area contributed by atoms with E-state index in [-0.39, 0.29) is 42.6 Å². The SMILES string of the molecule is CCOC(=O)C1CCN(C(=O)CN(C)C(=O)CC(NC(C)=O)c2cccs2)CC1. The number of ether oxygens (including phenoxy) is 1. The van der Waals surface area contributed by atoms with Gasteiger partial charge in [-0.3, -0.25) is 19.2 Å². The van der Waals surface area contributed by atoms with Crippen molar-refractivity contribution in [2.45, 2.75) is 39.2 Å². The molecule has 0 spiro atoms. The summed E-state index contributed by atoms with van der Waals surface area (Å²) in [5.41, 5.74) is 0. The van der Waals surface area contributed by atoms with Crippen molar-refractivity contribution >= 4 is 35.0 Å². The number of amides is 3. The number of rotatable bonds is 8. The van der Waals surface area contributed by atoms with Crippen molar-refractivity contribution in [1.29, 1.82) is 0 Å².